The van der Waals surface area contributed by atoms with E-state index in [9.17, 15) is 9.59 Å². The van der Waals surface area contributed by atoms with Crippen molar-refractivity contribution in [3.8, 4) is 0 Å². The summed E-state index contributed by atoms with van der Waals surface area (Å²) in [6.07, 6.45) is 5.07. The maximum absolute atomic E-state index is 13.0. The van der Waals surface area contributed by atoms with Gasteiger partial charge >= 0.3 is 0 Å². The Morgan fingerprint density at radius 3 is 2.19 bits per heavy atom. The SMILES string of the molecule is CC(=O)NC1CCN(C2(C)CC2N(C)C(=O)C2CCN(C(C)C)CC2)CC1. The van der Waals surface area contributed by atoms with E-state index in [-0.39, 0.29) is 17.4 Å². The molecule has 1 aliphatic carbocycles. The number of hydrogen-bond donors (Lipinski definition) is 1. The quantitative estimate of drug-likeness (QED) is 0.791. The first kappa shape index (κ1) is 20.6. The minimum absolute atomic E-state index is 0.0674. The van der Waals surface area contributed by atoms with Crippen molar-refractivity contribution in [3.05, 3.63) is 0 Å². The number of nitrogens with zero attached hydrogens (tertiary/aromatic N) is 3. The Bertz CT molecular complexity index is 550. The molecule has 1 N–H and O–H groups in total. The van der Waals surface area contributed by atoms with Gasteiger partial charge in [-0.05, 0) is 66.0 Å². The van der Waals surface area contributed by atoms with Gasteiger partial charge in [-0.15, -0.1) is 0 Å². The number of likely N-dealkylation sites (N-methyl/N-ethyl adjacent to an activating group) is 1. The lowest BCUT2D eigenvalue weighted by Crippen LogP contribution is -2.51. The van der Waals surface area contributed by atoms with E-state index >= 15 is 0 Å². The van der Waals surface area contributed by atoms with Crippen LogP contribution in [0.15, 0.2) is 0 Å². The molecular formula is C21H38N4O2. The van der Waals surface area contributed by atoms with E-state index in [4.69, 9.17) is 0 Å². The summed E-state index contributed by atoms with van der Waals surface area (Å²) in [5.41, 5.74) is 0.115. The lowest BCUT2D eigenvalue weighted by atomic mass is 9.94. The van der Waals surface area contributed by atoms with E-state index in [1.165, 1.54) is 0 Å². The van der Waals surface area contributed by atoms with Gasteiger partial charge in [-0.25, -0.2) is 0 Å². The largest absolute Gasteiger partial charge is 0.354 e. The van der Waals surface area contributed by atoms with Crippen LogP contribution < -0.4 is 5.32 Å². The van der Waals surface area contributed by atoms with Crippen LogP contribution in [0.4, 0.5) is 0 Å². The summed E-state index contributed by atoms with van der Waals surface area (Å²) in [7, 11) is 2.01. The monoisotopic (exact) mass is 378 g/mol. The smallest absolute Gasteiger partial charge is 0.225 e. The molecule has 3 rings (SSSR count). The van der Waals surface area contributed by atoms with Crippen LogP contribution >= 0.6 is 0 Å². The topological polar surface area (TPSA) is 55.9 Å². The molecule has 27 heavy (non-hydrogen) atoms. The standard InChI is InChI=1S/C21H38N4O2/c1-15(2)24-10-6-17(7-11-24)20(27)23(5)19-14-21(19,4)25-12-8-18(9-13-25)22-16(3)26/h15,17-19H,6-14H2,1-5H3,(H,22,26). The second-order valence-electron chi connectivity index (χ2n) is 9.39. The van der Waals surface area contributed by atoms with Crippen LogP contribution in [0.25, 0.3) is 0 Å². The van der Waals surface area contributed by atoms with Crippen molar-refractivity contribution in [2.75, 3.05) is 33.2 Å². The molecule has 6 heteroatoms. The highest BCUT2D eigenvalue weighted by Crippen LogP contribution is 2.46. The average molecular weight is 379 g/mol. The predicted molar refractivity (Wildman–Crippen MR) is 107 cm³/mol. The van der Waals surface area contributed by atoms with Crippen molar-refractivity contribution in [2.45, 2.75) is 83.5 Å². The van der Waals surface area contributed by atoms with Crippen molar-refractivity contribution in [2.24, 2.45) is 5.92 Å². The van der Waals surface area contributed by atoms with Crippen molar-refractivity contribution in [3.63, 3.8) is 0 Å². The molecule has 0 radical (unpaired) electrons. The van der Waals surface area contributed by atoms with Crippen molar-refractivity contribution < 1.29 is 9.59 Å². The molecule has 2 heterocycles. The van der Waals surface area contributed by atoms with Crippen LogP contribution in [0, 0.1) is 5.92 Å². The third-order valence-corrected chi connectivity index (χ3v) is 7.21. The summed E-state index contributed by atoms with van der Waals surface area (Å²) in [5.74, 6) is 0.610. The molecule has 3 aliphatic rings. The summed E-state index contributed by atoms with van der Waals surface area (Å²) < 4.78 is 0. The van der Waals surface area contributed by atoms with Crippen molar-refractivity contribution >= 4 is 11.8 Å². The number of hydrogen-bond acceptors (Lipinski definition) is 4. The maximum Gasteiger partial charge on any atom is 0.225 e. The van der Waals surface area contributed by atoms with Gasteiger partial charge in [0.1, 0.15) is 0 Å². The number of piperidine rings is 2. The van der Waals surface area contributed by atoms with Gasteiger partial charge in [-0.1, -0.05) is 0 Å². The van der Waals surface area contributed by atoms with Gasteiger partial charge in [0.2, 0.25) is 11.8 Å². The Labute approximate surface area is 164 Å². The fraction of sp³-hybridized carbons (Fsp3) is 0.905. The molecule has 0 aromatic carbocycles. The fourth-order valence-electron chi connectivity index (χ4n) is 5.15. The Balaban J connectivity index is 1.49. The van der Waals surface area contributed by atoms with Gasteiger partial charge in [-0.2, -0.15) is 0 Å². The summed E-state index contributed by atoms with van der Waals surface area (Å²) in [6.45, 7) is 12.5. The van der Waals surface area contributed by atoms with Crippen LogP contribution in [-0.2, 0) is 9.59 Å². The first-order valence-corrected chi connectivity index (χ1v) is 10.7. The molecule has 0 spiro atoms. The van der Waals surface area contributed by atoms with E-state index in [0.29, 0.717) is 24.0 Å². The molecule has 2 unspecified atom stereocenters. The first-order valence-electron chi connectivity index (χ1n) is 10.7. The van der Waals surface area contributed by atoms with E-state index in [1.54, 1.807) is 6.92 Å². The molecule has 2 saturated heterocycles. The first-order chi connectivity index (χ1) is 12.7. The highest BCUT2D eigenvalue weighted by atomic mass is 16.2. The minimum atomic E-state index is 0.0674. The molecule has 0 bridgehead atoms. The van der Waals surface area contributed by atoms with Crippen LogP contribution in [0.2, 0.25) is 0 Å². The van der Waals surface area contributed by atoms with Gasteiger partial charge in [0.25, 0.3) is 0 Å². The number of amides is 2. The zero-order chi connectivity index (χ0) is 19.8. The van der Waals surface area contributed by atoms with E-state index < -0.39 is 0 Å². The molecule has 2 aliphatic heterocycles. The Hall–Kier alpha value is -1.14. The molecule has 154 valence electrons. The third-order valence-electron chi connectivity index (χ3n) is 7.21. The third kappa shape index (κ3) is 4.48. The zero-order valence-corrected chi connectivity index (χ0v) is 17.8. The van der Waals surface area contributed by atoms with E-state index in [0.717, 1.165) is 58.3 Å². The number of carbonyl (C=O) groups excluding carboxylic acids is 2. The molecule has 2 atom stereocenters. The maximum atomic E-state index is 13.0. The second-order valence-corrected chi connectivity index (χ2v) is 9.39. The second kappa shape index (κ2) is 8.08. The average Bonchev–Trinajstić information content (AvgIpc) is 3.33. The number of nitrogens with one attached hydrogen (secondary N) is 1. The number of carbonyl (C=O) groups is 2. The fourth-order valence-corrected chi connectivity index (χ4v) is 5.15. The highest BCUT2D eigenvalue weighted by Gasteiger charge is 2.58. The highest BCUT2D eigenvalue weighted by molar-refractivity contribution is 5.79. The van der Waals surface area contributed by atoms with Crippen molar-refractivity contribution in [1.82, 2.24) is 20.0 Å². The molecule has 0 aromatic rings. The van der Waals surface area contributed by atoms with Gasteiger partial charge in [-0.3, -0.25) is 14.5 Å². The van der Waals surface area contributed by atoms with Crippen LogP contribution in [0.1, 0.15) is 59.8 Å². The lowest BCUT2D eigenvalue weighted by Gasteiger charge is -2.39. The Morgan fingerprint density at radius 2 is 1.67 bits per heavy atom. The van der Waals surface area contributed by atoms with E-state index in [1.807, 2.05) is 7.05 Å². The molecule has 1 saturated carbocycles. The van der Waals surface area contributed by atoms with Gasteiger partial charge in [0.15, 0.2) is 0 Å². The molecular weight excluding hydrogens is 340 g/mol. The van der Waals surface area contributed by atoms with Gasteiger partial charge in [0, 0.05) is 50.6 Å². The van der Waals surface area contributed by atoms with Crippen molar-refractivity contribution in [1.29, 1.82) is 0 Å². The van der Waals surface area contributed by atoms with Crippen LogP contribution in [0.3, 0.4) is 0 Å². The molecule has 3 fully saturated rings. The summed E-state index contributed by atoms with van der Waals surface area (Å²) in [6, 6.07) is 1.22. The zero-order valence-electron chi connectivity index (χ0n) is 17.8. The van der Waals surface area contributed by atoms with Gasteiger partial charge in [0.05, 0.1) is 6.04 Å². The van der Waals surface area contributed by atoms with Crippen LogP contribution in [0.5, 0.6) is 0 Å². The van der Waals surface area contributed by atoms with Crippen LogP contribution in [-0.4, -0.2) is 83.4 Å². The summed E-state index contributed by atoms with van der Waals surface area (Å²) in [4.78, 5) is 31.4. The Morgan fingerprint density at radius 1 is 1.07 bits per heavy atom. The predicted octanol–water partition coefficient (Wildman–Crippen LogP) is 1.70. The molecule has 6 nitrogen and oxygen atoms in total. The Kier molecular flexibility index (Phi) is 6.16. The minimum Gasteiger partial charge on any atom is -0.354 e. The molecule has 0 aromatic heterocycles. The summed E-state index contributed by atoms with van der Waals surface area (Å²) in [5, 5.41) is 3.05. The normalized spacial score (nSPS) is 31.1. The summed E-state index contributed by atoms with van der Waals surface area (Å²) >= 11 is 0. The molecule has 2 amide bonds. The number of rotatable bonds is 5. The van der Waals surface area contributed by atoms with Gasteiger partial charge < -0.3 is 15.1 Å². The van der Waals surface area contributed by atoms with E-state index in [2.05, 4.69) is 40.8 Å². The number of likely N-dealkylation sites (tertiary alicyclic amines) is 2. The lowest BCUT2D eigenvalue weighted by molar-refractivity contribution is -0.137.